The molecule has 3 heteroatoms. The molecule has 1 aliphatic heterocycles. The molecule has 0 saturated carbocycles. The van der Waals surface area contributed by atoms with Crippen molar-refractivity contribution in [3.8, 4) is 0 Å². The van der Waals surface area contributed by atoms with E-state index in [0.29, 0.717) is 11.8 Å². The molecule has 1 fully saturated rings. The SMILES string of the molecule is CC(C)C1CCN(C(=O)c2ccccc2I)C1. The molecule has 0 bridgehead atoms. The lowest BCUT2D eigenvalue weighted by Crippen LogP contribution is -2.29. The van der Waals surface area contributed by atoms with Gasteiger partial charge < -0.3 is 4.90 Å². The standard InChI is InChI=1S/C14H18INO/c1-10(2)11-7-8-16(9-11)14(17)12-5-3-4-6-13(12)15/h3-6,10-11H,7-9H2,1-2H3. The summed E-state index contributed by atoms with van der Waals surface area (Å²) < 4.78 is 1.04. The second-order valence-corrected chi connectivity index (χ2v) is 6.19. The Hall–Kier alpha value is -0.580. The number of halogens is 1. The molecule has 0 radical (unpaired) electrons. The van der Waals surface area contributed by atoms with Gasteiger partial charge in [-0.05, 0) is 53.0 Å². The van der Waals surface area contributed by atoms with E-state index in [-0.39, 0.29) is 5.91 Å². The van der Waals surface area contributed by atoms with Gasteiger partial charge in [0.05, 0.1) is 5.56 Å². The van der Waals surface area contributed by atoms with Crippen LogP contribution in [0.15, 0.2) is 24.3 Å². The van der Waals surface area contributed by atoms with Gasteiger partial charge in [-0.2, -0.15) is 0 Å². The summed E-state index contributed by atoms with van der Waals surface area (Å²) in [5, 5.41) is 0. The highest BCUT2D eigenvalue weighted by Gasteiger charge is 2.29. The van der Waals surface area contributed by atoms with Gasteiger partial charge in [0.2, 0.25) is 0 Å². The van der Waals surface area contributed by atoms with Crippen molar-refractivity contribution in [1.82, 2.24) is 4.90 Å². The summed E-state index contributed by atoms with van der Waals surface area (Å²) in [5.41, 5.74) is 0.845. The fraction of sp³-hybridized carbons (Fsp3) is 0.500. The second-order valence-electron chi connectivity index (χ2n) is 5.02. The minimum Gasteiger partial charge on any atom is -0.338 e. The average Bonchev–Trinajstić information content (AvgIpc) is 2.78. The zero-order chi connectivity index (χ0) is 12.4. The van der Waals surface area contributed by atoms with Crippen LogP contribution in [0.2, 0.25) is 0 Å². The van der Waals surface area contributed by atoms with Crippen LogP contribution in [0.1, 0.15) is 30.6 Å². The number of hydrogen-bond acceptors (Lipinski definition) is 1. The smallest absolute Gasteiger partial charge is 0.254 e. The van der Waals surface area contributed by atoms with Crippen molar-refractivity contribution in [3.05, 3.63) is 33.4 Å². The van der Waals surface area contributed by atoms with E-state index in [2.05, 4.69) is 36.4 Å². The van der Waals surface area contributed by atoms with E-state index in [1.807, 2.05) is 29.2 Å². The van der Waals surface area contributed by atoms with Crippen molar-refractivity contribution in [1.29, 1.82) is 0 Å². The quantitative estimate of drug-likeness (QED) is 0.754. The summed E-state index contributed by atoms with van der Waals surface area (Å²) in [6.45, 7) is 6.31. The maximum Gasteiger partial charge on any atom is 0.254 e. The Balaban J connectivity index is 2.10. The van der Waals surface area contributed by atoms with E-state index in [9.17, 15) is 4.79 Å². The molecular formula is C14H18INO. The first-order chi connectivity index (χ1) is 8.09. The Kier molecular flexibility index (Phi) is 4.07. The number of benzene rings is 1. The van der Waals surface area contributed by atoms with Gasteiger partial charge in [0.25, 0.3) is 5.91 Å². The van der Waals surface area contributed by atoms with Gasteiger partial charge in [-0.1, -0.05) is 26.0 Å². The zero-order valence-corrected chi connectivity index (χ0v) is 12.5. The predicted octanol–water partition coefficient (Wildman–Crippen LogP) is 3.41. The molecule has 92 valence electrons. The molecule has 1 aliphatic rings. The fourth-order valence-corrected chi connectivity index (χ4v) is 2.94. The Morgan fingerprint density at radius 3 is 2.71 bits per heavy atom. The molecule has 1 amide bonds. The van der Waals surface area contributed by atoms with Crippen LogP contribution in [0.5, 0.6) is 0 Å². The summed E-state index contributed by atoms with van der Waals surface area (Å²) in [4.78, 5) is 14.4. The maximum atomic E-state index is 12.4. The van der Waals surface area contributed by atoms with Crippen LogP contribution < -0.4 is 0 Å². The van der Waals surface area contributed by atoms with E-state index in [1.165, 1.54) is 0 Å². The molecule has 0 N–H and O–H groups in total. The molecule has 0 spiro atoms. The molecule has 1 unspecified atom stereocenters. The lowest BCUT2D eigenvalue weighted by molar-refractivity contribution is 0.0783. The van der Waals surface area contributed by atoms with Crippen LogP contribution in [-0.4, -0.2) is 23.9 Å². The van der Waals surface area contributed by atoms with Crippen LogP contribution in [0.3, 0.4) is 0 Å². The molecular weight excluding hydrogens is 325 g/mol. The van der Waals surface area contributed by atoms with Gasteiger partial charge in [-0.15, -0.1) is 0 Å². The lowest BCUT2D eigenvalue weighted by Gasteiger charge is -2.18. The maximum absolute atomic E-state index is 12.4. The Morgan fingerprint density at radius 2 is 2.12 bits per heavy atom. The Bertz CT molecular complexity index is 416. The highest BCUT2D eigenvalue weighted by atomic mass is 127. The summed E-state index contributed by atoms with van der Waals surface area (Å²) in [5.74, 6) is 1.53. The lowest BCUT2D eigenvalue weighted by atomic mass is 9.95. The van der Waals surface area contributed by atoms with Crippen LogP contribution in [0.25, 0.3) is 0 Å². The van der Waals surface area contributed by atoms with E-state index in [1.54, 1.807) is 0 Å². The van der Waals surface area contributed by atoms with E-state index in [4.69, 9.17) is 0 Å². The molecule has 17 heavy (non-hydrogen) atoms. The second kappa shape index (κ2) is 5.38. The van der Waals surface area contributed by atoms with E-state index < -0.39 is 0 Å². The van der Waals surface area contributed by atoms with E-state index in [0.717, 1.165) is 28.6 Å². The molecule has 2 rings (SSSR count). The van der Waals surface area contributed by atoms with Gasteiger partial charge in [0, 0.05) is 16.7 Å². The molecule has 0 aliphatic carbocycles. The Labute approximate surface area is 117 Å². The van der Waals surface area contributed by atoms with Gasteiger partial charge in [-0.25, -0.2) is 0 Å². The Morgan fingerprint density at radius 1 is 1.41 bits per heavy atom. The van der Waals surface area contributed by atoms with Gasteiger partial charge >= 0.3 is 0 Å². The number of nitrogens with zero attached hydrogens (tertiary/aromatic N) is 1. The average molecular weight is 343 g/mol. The number of carbonyl (C=O) groups is 1. The number of carbonyl (C=O) groups excluding carboxylic acids is 1. The normalized spacial score (nSPS) is 20.0. The molecule has 0 aromatic heterocycles. The molecule has 1 heterocycles. The van der Waals surface area contributed by atoms with Gasteiger partial charge in [0.1, 0.15) is 0 Å². The highest BCUT2D eigenvalue weighted by Crippen LogP contribution is 2.25. The van der Waals surface area contributed by atoms with E-state index >= 15 is 0 Å². The monoisotopic (exact) mass is 343 g/mol. The van der Waals surface area contributed by atoms with Crippen molar-refractivity contribution in [2.75, 3.05) is 13.1 Å². The first-order valence-corrected chi connectivity index (χ1v) is 7.21. The molecule has 1 saturated heterocycles. The van der Waals surface area contributed by atoms with Gasteiger partial charge in [0.15, 0.2) is 0 Å². The van der Waals surface area contributed by atoms with Gasteiger partial charge in [-0.3, -0.25) is 4.79 Å². The predicted molar refractivity (Wildman–Crippen MR) is 78.0 cm³/mol. The van der Waals surface area contributed by atoms with Crippen molar-refractivity contribution < 1.29 is 4.79 Å². The van der Waals surface area contributed by atoms with Crippen molar-refractivity contribution in [2.24, 2.45) is 11.8 Å². The van der Waals surface area contributed by atoms with Crippen LogP contribution >= 0.6 is 22.6 Å². The number of amides is 1. The van der Waals surface area contributed by atoms with Crippen molar-refractivity contribution >= 4 is 28.5 Å². The summed E-state index contributed by atoms with van der Waals surface area (Å²) in [7, 11) is 0. The largest absolute Gasteiger partial charge is 0.338 e. The molecule has 2 nitrogen and oxygen atoms in total. The fourth-order valence-electron chi connectivity index (χ4n) is 2.32. The third-order valence-corrected chi connectivity index (χ3v) is 4.50. The molecule has 1 aromatic carbocycles. The third kappa shape index (κ3) is 2.81. The summed E-state index contributed by atoms with van der Waals surface area (Å²) >= 11 is 2.23. The highest BCUT2D eigenvalue weighted by molar-refractivity contribution is 14.1. The van der Waals surface area contributed by atoms with Crippen LogP contribution in [-0.2, 0) is 0 Å². The summed E-state index contributed by atoms with van der Waals surface area (Å²) in [6, 6.07) is 7.82. The number of likely N-dealkylation sites (tertiary alicyclic amines) is 1. The summed E-state index contributed by atoms with van der Waals surface area (Å²) in [6.07, 6.45) is 1.15. The minimum atomic E-state index is 0.193. The first-order valence-electron chi connectivity index (χ1n) is 6.13. The topological polar surface area (TPSA) is 20.3 Å². The van der Waals surface area contributed by atoms with Crippen LogP contribution in [0, 0.1) is 15.4 Å². The van der Waals surface area contributed by atoms with Crippen molar-refractivity contribution in [2.45, 2.75) is 20.3 Å². The van der Waals surface area contributed by atoms with Crippen molar-refractivity contribution in [3.63, 3.8) is 0 Å². The molecule has 1 aromatic rings. The number of hydrogen-bond donors (Lipinski definition) is 0. The number of rotatable bonds is 2. The first kappa shape index (κ1) is 12.9. The third-order valence-electron chi connectivity index (χ3n) is 3.56. The zero-order valence-electron chi connectivity index (χ0n) is 10.3. The molecule has 1 atom stereocenters. The van der Waals surface area contributed by atoms with Crippen LogP contribution in [0.4, 0.5) is 0 Å². The minimum absolute atomic E-state index is 0.193.